The van der Waals surface area contributed by atoms with Crippen LogP contribution >= 0.6 is 15.9 Å². The predicted octanol–water partition coefficient (Wildman–Crippen LogP) is 4.84. The molecule has 0 aliphatic rings. The van der Waals surface area contributed by atoms with Crippen LogP contribution in [-0.2, 0) is 6.42 Å². The average Bonchev–Trinajstić information content (AvgIpc) is 2.82. The largest absolute Gasteiger partial charge is 0.303 e. The van der Waals surface area contributed by atoms with E-state index >= 15 is 0 Å². The minimum Gasteiger partial charge on any atom is -0.303 e. The van der Waals surface area contributed by atoms with E-state index in [2.05, 4.69) is 80.9 Å². The van der Waals surface area contributed by atoms with Crippen LogP contribution in [-0.4, -0.2) is 9.55 Å². The van der Waals surface area contributed by atoms with Crippen molar-refractivity contribution in [3.8, 4) is 5.69 Å². The van der Waals surface area contributed by atoms with Crippen LogP contribution in [0, 0.1) is 13.8 Å². The normalized spacial score (nSPS) is 10.8. The molecule has 3 rings (SSSR count). The maximum absolute atomic E-state index is 4.42. The van der Waals surface area contributed by atoms with Crippen LogP contribution in [0.15, 0.2) is 59.3 Å². The van der Waals surface area contributed by atoms with E-state index in [4.69, 9.17) is 0 Å². The molecule has 0 aliphatic heterocycles. The molecule has 1 aromatic heterocycles. The number of imidazole rings is 1. The molecule has 0 unspecified atom stereocenters. The van der Waals surface area contributed by atoms with Gasteiger partial charge in [-0.15, -0.1) is 0 Å². The summed E-state index contributed by atoms with van der Waals surface area (Å²) in [7, 11) is 0. The maximum atomic E-state index is 4.42. The number of aryl methyl sites for hydroxylation is 1. The number of nitrogens with zero attached hydrogens (tertiary/aromatic N) is 2. The highest BCUT2D eigenvalue weighted by Crippen LogP contribution is 2.24. The molecule has 0 aliphatic carbocycles. The molecule has 0 atom stereocenters. The second-order valence-electron chi connectivity index (χ2n) is 5.22. The van der Waals surface area contributed by atoms with Crippen molar-refractivity contribution in [2.75, 3.05) is 0 Å². The van der Waals surface area contributed by atoms with E-state index < -0.39 is 0 Å². The molecule has 0 N–H and O–H groups in total. The quantitative estimate of drug-likeness (QED) is 0.666. The summed E-state index contributed by atoms with van der Waals surface area (Å²) in [5.74, 6) is 0. The second-order valence-corrected chi connectivity index (χ2v) is 6.14. The van der Waals surface area contributed by atoms with Gasteiger partial charge in [0.05, 0.1) is 17.7 Å². The fourth-order valence-electron chi connectivity index (χ4n) is 2.47. The van der Waals surface area contributed by atoms with Gasteiger partial charge in [0.25, 0.3) is 0 Å². The van der Waals surface area contributed by atoms with Crippen LogP contribution in [0.1, 0.15) is 22.5 Å². The van der Waals surface area contributed by atoms with Gasteiger partial charge in [0.1, 0.15) is 0 Å². The molecule has 3 heteroatoms. The van der Waals surface area contributed by atoms with Crippen LogP contribution in [0.3, 0.4) is 0 Å². The lowest BCUT2D eigenvalue weighted by Gasteiger charge is -2.13. The van der Waals surface area contributed by atoms with Gasteiger partial charge in [0.2, 0.25) is 0 Å². The van der Waals surface area contributed by atoms with Crippen molar-refractivity contribution in [3.63, 3.8) is 0 Å². The van der Waals surface area contributed by atoms with Gasteiger partial charge >= 0.3 is 0 Å². The Kier molecular flexibility index (Phi) is 3.93. The molecule has 1 heterocycles. The van der Waals surface area contributed by atoms with Crippen molar-refractivity contribution in [1.29, 1.82) is 0 Å². The molecule has 0 amide bonds. The number of rotatable bonds is 3. The molecule has 0 saturated carbocycles. The smallest absolute Gasteiger partial charge is 0.0997 e. The Hall–Kier alpha value is -1.87. The van der Waals surface area contributed by atoms with Crippen LogP contribution in [0.5, 0.6) is 0 Å². The highest BCUT2D eigenvalue weighted by Gasteiger charge is 2.10. The molecule has 106 valence electrons. The minimum absolute atomic E-state index is 0.917. The summed E-state index contributed by atoms with van der Waals surface area (Å²) in [6.07, 6.45) is 2.82. The van der Waals surface area contributed by atoms with Crippen molar-refractivity contribution < 1.29 is 0 Å². The first-order valence-corrected chi connectivity index (χ1v) is 7.78. The third-order valence-corrected chi connectivity index (χ3v) is 4.29. The first-order valence-electron chi connectivity index (χ1n) is 6.98. The number of hydrogen-bond donors (Lipinski definition) is 0. The van der Waals surface area contributed by atoms with Gasteiger partial charge in [-0.3, -0.25) is 0 Å². The lowest BCUT2D eigenvalue weighted by Crippen LogP contribution is -2.01. The van der Waals surface area contributed by atoms with Gasteiger partial charge in [-0.05, 0) is 43.5 Å². The maximum Gasteiger partial charge on any atom is 0.0997 e. The molecule has 0 saturated heterocycles. The molecular weight excluding hydrogens is 324 g/mol. The van der Waals surface area contributed by atoms with E-state index in [0.717, 1.165) is 16.6 Å². The van der Waals surface area contributed by atoms with Crippen LogP contribution in [0.25, 0.3) is 5.69 Å². The van der Waals surface area contributed by atoms with Crippen LogP contribution in [0.2, 0.25) is 0 Å². The standard InChI is InChI=1S/C18H17BrN2/c1-13-14(2)21(12-20-13)18-11-17(19)9-8-16(18)10-15-6-4-3-5-7-15/h3-9,11-12H,10H2,1-2H3. The Bertz CT molecular complexity index is 760. The summed E-state index contributed by atoms with van der Waals surface area (Å²) in [4.78, 5) is 4.42. The molecule has 3 aromatic rings. The number of halogens is 1. The third-order valence-electron chi connectivity index (χ3n) is 3.80. The summed E-state index contributed by atoms with van der Waals surface area (Å²) >= 11 is 3.58. The zero-order valence-corrected chi connectivity index (χ0v) is 13.8. The molecule has 0 spiro atoms. The molecule has 0 bridgehead atoms. The highest BCUT2D eigenvalue weighted by atomic mass is 79.9. The average molecular weight is 341 g/mol. The summed E-state index contributed by atoms with van der Waals surface area (Å²) in [5.41, 5.74) is 6.05. The van der Waals surface area contributed by atoms with Gasteiger partial charge in [-0.1, -0.05) is 52.3 Å². The van der Waals surface area contributed by atoms with E-state index in [1.807, 2.05) is 13.3 Å². The van der Waals surface area contributed by atoms with Gasteiger partial charge in [0.15, 0.2) is 0 Å². The summed E-state index contributed by atoms with van der Waals surface area (Å²) in [6.45, 7) is 4.15. The fraction of sp³-hybridized carbons (Fsp3) is 0.167. The zero-order chi connectivity index (χ0) is 14.8. The van der Waals surface area contributed by atoms with E-state index in [1.54, 1.807) is 0 Å². The fourth-order valence-corrected chi connectivity index (χ4v) is 2.82. The topological polar surface area (TPSA) is 17.8 Å². The summed E-state index contributed by atoms with van der Waals surface area (Å²) in [6, 6.07) is 17.0. The Balaban J connectivity index is 2.07. The molecule has 0 radical (unpaired) electrons. The molecule has 2 aromatic carbocycles. The van der Waals surface area contributed by atoms with Crippen molar-refractivity contribution in [2.24, 2.45) is 0 Å². The predicted molar refractivity (Wildman–Crippen MR) is 90.0 cm³/mol. The number of hydrogen-bond acceptors (Lipinski definition) is 1. The molecular formula is C18H17BrN2. The lowest BCUT2D eigenvalue weighted by molar-refractivity contribution is 0.971. The minimum atomic E-state index is 0.917. The van der Waals surface area contributed by atoms with E-state index in [1.165, 1.54) is 22.5 Å². The Labute approximate surface area is 133 Å². The van der Waals surface area contributed by atoms with Crippen molar-refractivity contribution in [3.05, 3.63) is 81.8 Å². The number of aromatic nitrogens is 2. The van der Waals surface area contributed by atoms with Gasteiger partial charge < -0.3 is 4.57 Å². The van der Waals surface area contributed by atoms with Crippen LogP contribution < -0.4 is 0 Å². The van der Waals surface area contributed by atoms with E-state index in [9.17, 15) is 0 Å². The third kappa shape index (κ3) is 2.93. The lowest BCUT2D eigenvalue weighted by atomic mass is 10.0. The Morgan fingerprint density at radius 2 is 1.81 bits per heavy atom. The first kappa shape index (κ1) is 14.1. The summed E-state index contributed by atoms with van der Waals surface area (Å²) in [5, 5.41) is 0. The summed E-state index contributed by atoms with van der Waals surface area (Å²) < 4.78 is 3.25. The van der Waals surface area contributed by atoms with Crippen molar-refractivity contribution >= 4 is 15.9 Å². The molecule has 21 heavy (non-hydrogen) atoms. The number of benzene rings is 2. The van der Waals surface area contributed by atoms with Crippen molar-refractivity contribution in [2.45, 2.75) is 20.3 Å². The monoisotopic (exact) mass is 340 g/mol. The first-order chi connectivity index (χ1) is 10.1. The zero-order valence-electron chi connectivity index (χ0n) is 12.2. The van der Waals surface area contributed by atoms with Crippen molar-refractivity contribution in [1.82, 2.24) is 9.55 Å². The Morgan fingerprint density at radius 3 is 2.48 bits per heavy atom. The van der Waals surface area contributed by atoms with E-state index in [0.29, 0.717) is 0 Å². The van der Waals surface area contributed by atoms with E-state index in [-0.39, 0.29) is 0 Å². The highest BCUT2D eigenvalue weighted by molar-refractivity contribution is 9.10. The molecule has 2 nitrogen and oxygen atoms in total. The second kappa shape index (κ2) is 5.86. The van der Waals surface area contributed by atoms with Crippen LogP contribution in [0.4, 0.5) is 0 Å². The SMILES string of the molecule is Cc1ncn(-c2cc(Br)ccc2Cc2ccccc2)c1C. The Morgan fingerprint density at radius 1 is 1.05 bits per heavy atom. The molecule has 0 fully saturated rings. The van der Waals surface area contributed by atoms with Gasteiger partial charge in [0, 0.05) is 10.2 Å². The van der Waals surface area contributed by atoms with Gasteiger partial charge in [-0.2, -0.15) is 0 Å². The van der Waals surface area contributed by atoms with Gasteiger partial charge in [-0.25, -0.2) is 4.98 Å².